The molecule has 16 rings (SSSR count). The molecule has 5 heterocycles. The van der Waals surface area contributed by atoms with Gasteiger partial charge in [0.2, 0.25) is 0 Å². The van der Waals surface area contributed by atoms with Crippen LogP contribution in [0.25, 0.3) is 155 Å². The van der Waals surface area contributed by atoms with Gasteiger partial charge in [-0.1, -0.05) is 170 Å². The molecule has 354 valence electrons. The molecule has 0 bridgehead atoms. The van der Waals surface area contributed by atoms with Gasteiger partial charge in [0.25, 0.3) is 0 Å². The molecule has 0 radical (unpaired) electrons. The van der Waals surface area contributed by atoms with Crippen molar-refractivity contribution < 1.29 is 8.83 Å². The molecule has 6 nitrogen and oxygen atoms in total. The minimum Gasteiger partial charge on any atom is -0.456 e. The van der Waals surface area contributed by atoms with E-state index in [-0.39, 0.29) is 0 Å². The van der Waals surface area contributed by atoms with Crippen molar-refractivity contribution in [3.63, 3.8) is 0 Å². The number of hydrogen-bond donors (Lipinski definition) is 0. The van der Waals surface area contributed by atoms with Crippen molar-refractivity contribution in [2.75, 3.05) is 0 Å². The standard InChI is InChI=1S/C70H42N4O2/c1-7-19-62-52(13-1)53-14-2-8-20-63(53)73(62)50-37-49(38-51(41-50)74-64-21-9-3-15-54(64)55-16-4-10-22-65(55)74)61-42-60(45-29-25-43(26-30-45)47-33-35-68-58(39-47)56-17-5-11-23-66(56)75-68)71-70(72-61)46-31-27-44(28-32-46)48-34-36-69-59(40-48)57-18-6-12-24-67(57)76-69/h1-42H. The van der Waals surface area contributed by atoms with Gasteiger partial charge in [0.1, 0.15) is 22.3 Å². The Morgan fingerprint density at radius 3 is 1.03 bits per heavy atom. The monoisotopic (exact) mass is 970 g/mol. The summed E-state index contributed by atoms with van der Waals surface area (Å²) in [6, 6.07) is 90.6. The highest BCUT2D eigenvalue weighted by molar-refractivity contribution is 6.11. The first-order valence-corrected chi connectivity index (χ1v) is 25.7. The van der Waals surface area contributed by atoms with E-state index in [0.29, 0.717) is 5.82 Å². The van der Waals surface area contributed by atoms with Gasteiger partial charge in [0, 0.05) is 71.2 Å². The Morgan fingerprint density at radius 1 is 0.237 bits per heavy atom. The lowest BCUT2D eigenvalue weighted by molar-refractivity contribution is 0.668. The van der Waals surface area contributed by atoms with Crippen LogP contribution in [-0.2, 0) is 0 Å². The van der Waals surface area contributed by atoms with Crippen molar-refractivity contribution >= 4 is 87.5 Å². The summed E-state index contributed by atoms with van der Waals surface area (Å²) in [4.78, 5) is 10.9. The van der Waals surface area contributed by atoms with E-state index in [1.807, 2.05) is 24.3 Å². The average Bonchev–Trinajstić information content (AvgIpc) is 4.29. The van der Waals surface area contributed by atoms with E-state index in [2.05, 4.69) is 240 Å². The number of nitrogens with zero attached hydrogens (tertiary/aromatic N) is 4. The maximum absolute atomic E-state index is 6.18. The molecule has 76 heavy (non-hydrogen) atoms. The molecule has 11 aromatic carbocycles. The van der Waals surface area contributed by atoms with E-state index < -0.39 is 0 Å². The Hall–Kier alpha value is -10.3. The number of fused-ring (bicyclic) bond motifs is 12. The van der Waals surface area contributed by atoms with Gasteiger partial charge < -0.3 is 18.0 Å². The lowest BCUT2D eigenvalue weighted by atomic mass is 9.99. The van der Waals surface area contributed by atoms with Gasteiger partial charge in [-0.2, -0.15) is 0 Å². The second kappa shape index (κ2) is 16.6. The molecule has 0 atom stereocenters. The van der Waals surface area contributed by atoms with Gasteiger partial charge in [-0.25, -0.2) is 9.97 Å². The predicted molar refractivity (Wildman–Crippen MR) is 312 cm³/mol. The summed E-state index contributed by atoms with van der Waals surface area (Å²) in [6.07, 6.45) is 0. The molecule has 0 saturated carbocycles. The topological polar surface area (TPSA) is 61.9 Å². The second-order valence-corrected chi connectivity index (χ2v) is 19.7. The zero-order valence-corrected chi connectivity index (χ0v) is 40.9. The largest absolute Gasteiger partial charge is 0.456 e. The summed E-state index contributed by atoms with van der Waals surface area (Å²) in [6.45, 7) is 0. The summed E-state index contributed by atoms with van der Waals surface area (Å²) in [5, 5.41) is 9.25. The third-order valence-corrected chi connectivity index (χ3v) is 15.3. The van der Waals surface area contributed by atoms with Crippen LogP contribution in [0.15, 0.2) is 264 Å². The molecule has 0 fully saturated rings. The maximum Gasteiger partial charge on any atom is 0.160 e. The highest BCUT2D eigenvalue weighted by Gasteiger charge is 2.20. The minimum atomic E-state index is 0.636. The summed E-state index contributed by atoms with van der Waals surface area (Å²) in [5.41, 5.74) is 19.1. The summed E-state index contributed by atoms with van der Waals surface area (Å²) in [5.74, 6) is 0.636. The van der Waals surface area contributed by atoms with Crippen LogP contribution < -0.4 is 0 Å². The van der Waals surface area contributed by atoms with Gasteiger partial charge in [0.15, 0.2) is 5.82 Å². The van der Waals surface area contributed by atoms with Crippen LogP contribution in [0.4, 0.5) is 0 Å². The summed E-state index contributed by atoms with van der Waals surface area (Å²) in [7, 11) is 0. The number of hydrogen-bond acceptors (Lipinski definition) is 4. The van der Waals surface area contributed by atoms with Crippen LogP contribution in [0.3, 0.4) is 0 Å². The fraction of sp³-hybridized carbons (Fsp3) is 0. The maximum atomic E-state index is 6.18. The normalized spacial score (nSPS) is 11.9. The Bertz CT molecular complexity index is 4580. The van der Waals surface area contributed by atoms with Gasteiger partial charge in [-0.05, 0) is 107 Å². The first-order valence-electron chi connectivity index (χ1n) is 25.7. The van der Waals surface area contributed by atoms with Gasteiger partial charge >= 0.3 is 0 Å². The average molecular weight is 971 g/mol. The van der Waals surface area contributed by atoms with Crippen molar-refractivity contribution in [2.45, 2.75) is 0 Å². The van der Waals surface area contributed by atoms with Crippen molar-refractivity contribution in [3.8, 4) is 67.5 Å². The zero-order valence-electron chi connectivity index (χ0n) is 40.9. The van der Waals surface area contributed by atoms with Crippen molar-refractivity contribution in [1.82, 2.24) is 19.1 Å². The fourth-order valence-electron chi connectivity index (χ4n) is 11.7. The van der Waals surface area contributed by atoms with Crippen LogP contribution in [-0.4, -0.2) is 19.1 Å². The highest BCUT2D eigenvalue weighted by Crippen LogP contribution is 2.40. The SMILES string of the molecule is c1ccc2c(c1)oc1ccc(-c3ccc(-c4cc(-c5cc(-n6c7ccccc7c7ccccc76)cc(-n6c7ccccc7c7ccccc76)c5)nc(-c5ccc(-c6ccc7oc8ccccc8c7c6)cc5)n4)cc3)cc12. The Labute approximate surface area is 435 Å². The molecule has 0 spiro atoms. The Kier molecular flexibility index (Phi) is 9.23. The quantitative estimate of drug-likeness (QED) is 0.160. The van der Waals surface area contributed by atoms with Gasteiger partial charge in [-0.3, -0.25) is 0 Å². The molecule has 16 aromatic rings. The lowest BCUT2D eigenvalue weighted by Gasteiger charge is -2.16. The zero-order chi connectivity index (χ0) is 49.8. The smallest absolute Gasteiger partial charge is 0.160 e. The van der Waals surface area contributed by atoms with Crippen LogP contribution >= 0.6 is 0 Å². The Morgan fingerprint density at radius 2 is 0.579 bits per heavy atom. The van der Waals surface area contributed by atoms with Crippen LogP contribution in [0, 0.1) is 0 Å². The van der Waals surface area contributed by atoms with E-state index in [1.54, 1.807) is 0 Å². The number of aromatic nitrogens is 4. The molecule has 5 aromatic heterocycles. The highest BCUT2D eigenvalue weighted by atomic mass is 16.3. The van der Waals surface area contributed by atoms with Gasteiger partial charge in [0.05, 0.1) is 33.5 Å². The summed E-state index contributed by atoms with van der Waals surface area (Å²) >= 11 is 0. The van der Waals surface area contributed by atoms with Crippen molar-refractivity contribution in [1.29, 1.82) is 0 Å². The molecule has 0 N–H and O–H groups in total. The van der Waals surface area contributed by atoms with E-state index in [1.165, 1.54) is 21.5 Å². The lowest BCUT2D eigenvalue weighted by Crippen LogP contribution is -2.01. The van der Waals surface area contributed by atoms with E-state index in [4.69, 9.17) is 18.8 Å². The van der Waals surface area contributed by atoms with Crippen LogP contribution in [0.5, 0.6) is 0 Å². The van der Waals surface area contributed by atoms with Crippen LogP contribution in [0.1, 0.15) is 0 Å². The molecule has 0 aliphatic carbocycles. The Balaban J connectivity index is 0.891. The van der Waals surface area contributed by atoms with Crippen LogP contribution in [0.2, 0.25) is 0 Å². The van der Waals surface area contributed by atoms with E-state index in [0.717, 1.165) is 128 Å². The van der Waals surface area contributed by atoms with Gasteiger partial charge in [-0.15, -0.1) is 0 Å². The fourth-order valence-corrected chi connectivity index (χ4v) is 11.7. The molecular formula is C70H42N4O2. The second-order valence-electron chi connectivity index (χ2n) is 19.7. The first-order chi connectivity index (χ1) is 37.6. The number of furan rings is 2. The molecule has 0 unspecified atom stereocenters. The third kappa shape index (κ3) is 6.67. The van der Waals surface area contributed by atoms with Crippen molar-refractivity contribution in [3.05, 3.63) is 255 Å². The number of rotatable bonds is 7. The van der Waals surface area contributed by atoms with Crippen molar-refractivity contribution in [2.24, 2.45) is 0 Å². The predicted octanol–water partition coefficient (Wildman–Crippen LogP) is 18.8. The molecular weight excluding hydrogens is 929 g/mol. The number of benzene rings is 11. The molecule has 6 heteroatoms. The molecule has 0 amide bonds. The molecule has 0 aliphatic heterocycles. The number of para-hydroxylation sites is 6. The van der Waals surface area contributed by atoms with E-state index >= 15 is 0 Å². The molecule has 0 saturated heterocycles. The summed E-state index contributed by atoms with van der Waals surface area (Å²) < 4.78 is 17.2. The minimum absolute atomic E-state index is 0.636. The van der Waals surface area contributed by atoms with E-state index in [9.17, 15) is 0 Å². The molecule has 0 aliphatic rings. The third-order valence-electron chi connectivity index (χ3n) is 15.3. The first kappa shape index (κ1) is 42.2.